The van der Waals surface area contributed by atoms with E-state index in [2.05, 4.69) is 10.1 Å². The smallest absolute Gasteiger partial charge is 0.227 e. The van der Waals surface area contributed by atoms with E-state index in [-0.39, 0.29) is 5.91 Å². The van der Waals surface area contributed by atoms with Crippen LogP contribution in [0, 0.1) is 13.8 Å². The van der Waals surface area contributed by atoms with Gasteiger partial charge in [0.2, 0.25) is 17.6 Å². The first kappa shape index (κ1) is 16.9. The Morgan fingerprint density at radius 2 is 1.84 bits per heavy atom. The minimum absolute atomic E-state index is 0.0145. The van der Waals surface area contributed by atoms with Gasteiger partial charge in [0.05, 0.1) is 0 Å². The van der Waals surface area contributed by atoms with Gasteiger partial charge in [-0.25, -0.2) is 0 Å². The second-order valence-electron chi connectivity index (χ2n) is 6.17. The van der Waals surface area contributed by atoms with E-state index in [0.29, 0.717) is 24.6 Å². The number of amides is 1. The van der Waals surface area contributed by atoms with Crippen LogP contribution in [-0.2, 0) is 11.2 Å². The zero-order valence-electron chi connectivity index (χ0n) is 14.7. The van der Waals surface area contributed by atoms with E-state index in [9.17, 15) is 4.79 Å². The van der Waals surface area contributed by atoms with Gasteiger partial charge in [-0.1, -0.05) is 47.1 Å². The second-order valence-corrected chi connectivity index (χ2v) is 6.17. The van der Waals surface area contributed by atoms with Crippen LogP contribution in [0.1, 0.15) is 23.4 Å². The average molecular weight is 335 g/mol. The van der Waals surface area contributed by atoms with E-state index in [4.69, 9.17) is 4.52 Å². The largest absolute Gasteiger partial charge is 0.339 e. The molecule has 0 radical (unpaired) electrons. The molecule has 0 fully saturated rings. The van der Waals surface area contributed by atoms with Crippen LogP contribution in [0.5, 0.6) is 0 Å². The van der Waals surface area contributed by atoms with Crippen LogP contribution in [0.25, 0.3) is 11.4 Å². The molecule has 0 aliphatic heterocycles. The average Bonchev–Trinajstić information content (AvgIpc) is 3.08. The van der Waals surface area contributed by atoms with Crippen molar-refractivity contribution >= 4 is 11.6 Å². The van der Waals surface area contributed by atoms with Gasteiger partial charge in [-0.15, -0.1) is 0 Å². The molecule has 1 amide bonds. The molecular formula is C20H21N3O2. The number of carbonyl (C=O) groups excluding carboxylic acids is 1. The summed E-state index contributed by atoms with van der Waals surface area (Å²) in [5.74, 6) is 1.04. The third-order valence-electron chi connectivity index (χ3n) is 4.09. The Kier molecular flexibility index (Phi) is 4.93. The Morgan fingerprint density at radius 3 is 2.56 bits per heavy atom. The summed E-state index contributed by atoms with van der Waals surface area (Å²) in [7, 11) is 1.78. The molecule has 128 valence electrons. The lowest BCUT2D eigenvalue weighted by Crippen LogP contribution is -2.26. The predicted molar refractivity (Wildman–Crippen MR) is 97.4 cm³/mol. The molecule has 3 rings (SSSR count). The Hall–Kier alpha value is -2.95. The summed E-state index contributed by atoms with van der Waals surface area (Å²) in [6.07, 6.45) is 0.744. The molecule has 25 heavy (non-hydrogen) atoms. The molecular weight excluding hydrogens is 314 g/mol. The highest BCUT2D eigenvalue weighted by atomic mass is 16.5. The number of rotatable bonds is 5. The van der Waals surface area contributed by atoms with Crippen molar-refractivity contribution in [1.82, 2.24) is 10.1 Å². The van der Waals surface area contributed by atoms with E-state index in [1.807, 2.05) is 62.4 Å². The Morgan fingerprint density at radius 1 is 1.08 bits per heavy atom. The van der Waals surface area contributed by atoms with Crippen LogP contribution in [0.3, 0.4) is 0 Å². The number of anilines is 1. The maximum atomic E-state index is 12.4. The van der Waals surface area contributed by atoms with Crippen molar-refractivity contribution in [3.63, 3.8) is 0 Å². The van der Waals surface area contributed by atoms with Crippen LogP contribution in [0.4, 0.5) is 5.69 Å². The third kappa shape index (κ3) is 4.12. The molecule has 0 aliphatic rings. The highest BCUT2D eigenvalue weighted by molar-refractivity contribution is 5.92. The van der Waals surface area contributed by atoms with Crippen LogP contribution in [0.15, 0.2) is 53.1 Å². The zero-order chi connectivity index (χ0) is 17.8. The van der Waals surface area contributed by atoms with Gasteiger partial charge < -0.3 is 9.42 Å². The van der Waals surface area contributed by atoms with Crippen LogP contribution in [-0.4, -0.2) is 23.1 Å². The number of benzene rings is 2. The number of aryl methyl sites for hydroxylation is 3. The van der Waals surface area contributed by atoms with Gasteiger partial charge in [-0.05, 0) is 31.5 Å². The molecule has 0 saturated carbocycles. The molecule has 0 N–H and O–H groups in total. The van der Waals surface area contributed by atoms with Gasteiger partial charge in [-0.2, -0.15) is 4.98 Å². The number of carbonyl (C=O) groups is 1. The lowest BCUT2D eigenvalue weighted by molar-refractivity contribution is -0.118. The van der Waals surface area contributed by atoms with Crippen molar-refractivity contribution < 1.29 is 9.32 Å². The molecule has 0 bridgehead atoms. The molecule has 0 aliphatic carbocycles. The van der Waals surface area contributed by atoms with Gasteiger partial charge in [0.1, 0.15) is 0 Å². The van der Waals surface area contributed by atoms with Crippen LogP contribution >= 0.6 is 0 Å². The lowest BCUT2D eigenvalue weighted by atomic mass is 10.1. The summed E-state index contributed by atoms with van der Waals surface area (Å²) in [5, 5.41) is 4.00. The molecule has 0 spiro atoms. The predicted octanol–water partition coefficient (Wildman–Crippen LogP) is 3.95. The number of hydrogen-bond acceptors (Lipinski definition) is 4. The summed E-state index contributed by atoms with van der Waals surface area (Å²) >= 11 is 0. The van der Waals surface area contributed by atoms with Crippen molar-refractivity contribution in [2.24, 2.45) is 0 Å². The van der Waals surface area contributed by atoms with E-state index in [0.717, 1.165) is 16.8 Å². The summed E-state index contributed by atoms with van der Waals surface area (Å²) in [6, 6.07) is 15.8. The topological polar surface area (TPSA) is 59.2 Å². The van der Waals surface area contributed by atoms with Crippen LogP contribution in [0.2, 0.25) is 0 Å². The fraction of sp³-hybridized carbons (Fsp3) is 0.250. The minimum atomic E-state index is 0.0145. The molecule has 2 aromatic carbocycles. The number of hydrogen-bond donors (Lipinski definition) is 0. The Bertz CT molecular complexity index is 869. The SMILES string of the molecule is Cc1ccc(-c2noc(CCC(=O)N(C)c3cccc(C)c3)n2)cc1. The fourth-order valence-electron chi connectivity index (χ4n) is 2.54. The second kappa shape index (κ2) is 7.30. The maximum Gasteiger partial charge on any atom is 0.227 e. The standard InChI is InChI=1S/C20H21N3O2/c1-14-7-9-16(10-8-14)20-21-18(25-22-20)11-12-19(24)23(3)17-6-4-5-15(2)13-17/h4-10,13H,11-12H2,1-3H3. The Balaban J connectivity index is 1.62. The first-order valence-electron chi connectivity index (χ1n) is 8.26. The molecule has 1 aromatic heterocycles. The molecule has 0 unspecified atom stereocenters. The molecule has 0 saturated heterocycles. The maximum absolute atomic E-state index is 12.4. The van der Waals surface area contributed by atoms with E-state index in [1.54, 1.807) is 11.9 Å². The Labute approximate surface area is 147 Å². The summed E-state index contributed by atoms with van der Waals surface area (Å²) in [4.78, 5) is 18.4. The van der Waals surface area contributed by atoms with Crippen molar-refractivity contribution in [3.8, 4) is 11.4 Å². The van der Waals surface area contributed by atoms with E-state index >= 15 is 0 Å². The first-order chi connectivity index (χ1) is 12.0. The van der Waals surface area contributed by atoms with Crippen molar-refractivity contribution in [3.05, 3.63) is 65.5 Å². The molecule has 5 nitrogen and oxygen atoms in total. The highest BCUT2D eigenvalue weighted by Gasteiger charge is 2.14. The first-order valence-corrected chi connectivity index (χ1v) is 8.26. The molecule has 1 heterocycles. The fourth-order valence-corrected chi connectivity index (χ4v) is 2.54. The third-order valence-corrected chi connectivity index (χ3v) is 4.09. The minimum Gasteiger partial charge on any atom is -0.339 e. The summed E-state index contributed by atoms with van der Waals surface area (Å²) in [5.41, 5.74) is 4.09. The summed E-state index contributed by atoms with van der Waals surface area (Å²) < 4.78 is 5.27. The zero-order valence-corrected chi connectivity index (χ0v) is 14.7. The van der Waals surface area contributed by atoms with E-state index in [1.165, 1.54) is 5.56 Å². The normalized spacial score (nSPS) is 10.7. The quantitative estimate of drug-likeness (QED) is 0.708. The monoisotopic (exact) mass is 335 g/mol. The van der Waals surface area contributed by atoms with Gasteiger partial charge in [0.25, 0.3) is 0 Å². The molecule has 0 atom stereocenters. The van der Waals surface area contributed by atoms with Gasteiger partial charge >= 0.3 is 0 Å². The van der Waals surface area contributed by atoms with Crippen molar-refractivity contribution in [2.45, 2.75) is 26.7 Å². The highest BCUT2D eigenvalue weighted by Crippen LogP contribution is 2.18. The lowest BCUT2D eigenvalue weighted by Gasteiger charge is -2.17. The molecule has 3 aromatic rings. The number of nitrogens with zero attached hydrogens (tertiary/aromatic N) is 3. The van der Waals surface area contributed by atoms with Crippen LogP contribution < -0.4 is 4.90 Å². The van der Waals surface area contributed by atoms with E-state index < -0.39 is 0 Å². The van der Waals surface area contributed by atoms with Crippen molar-refractivity contribution in [2.75, 3.05) is 11.9 Å². The summed E-state index contributed by atoms with van der Waals surface area (Å²) in [6.45, 7) is 4.04. The van der Waals surface area contributed by atoms with Gasteiger partial charge in [0, 0.05) is 31.1 Å². The van der Waals surface area contributed by atoms with Gasteiger partial charge in [-0.3, -0.25) is 4.79 Å². The number of aromatic nitrogens is 2. The molecule has 5 heteroatoms. The van der Waals surface area contributed by atoms with Gasteiger partial charge in [0.15, 0.2) is 0 Å². The van der Waals surface area contributed by atoms with Crippen molar-refractivity contribution in [1.29, 1.82) is 0 Å².